The molecule has 0 heterocycles. The van der Waals surface area contributed by atoms with E-state index in [0.29, 0.717) is 12.1 Å². The molecule has 0 aliphatic heterocycles. The summed E-state index contributed by atoms with van der Waals surface area (Å²) in [5, 5.41) is 8.76. The van der Waals surface area contributed by atoms with Gasteiger partial charge < -0.3 is 9.47 Å². The number of methoxy groups -OCH3 is 1. The Morgan fingerprint density at radius 3 is 2.37 bits per heavy atom. The maximum absolute atomic E-state index is 12.7. The molecule has 0 spiro atoms. The zero-order valence-electron chi connectivity index (χ0n) is 9.49. The van der Waals surface area contributed by atoms with Crippen LogP contribution in [0.2, 0.25) is 0 Å². The van der Waals surface area contributed by atoms with Crippen LogP contribution < -0.4 is 4.74 Å². The molecule has 0 saturated heterocycles. The summed E-state index contributed by atoms with van der Waals surface area (Å²) in [7, 11) is 0.995. The van der Waals surface area contributed by atoms with E-state index in [-0.39, 0.29) is 0 Å². The first kappa shape index (κ1) is 14.8. The van der Waals surface area contributed by atoms with E-state index >= 15 is 0 Å². The van der Waals surface area contributed by atoms with Crippen LogP contribution in [0.15, 0.2) is 12.1 Å². The molecule has 0 aliphatic rings. The van der Waals surface area contributed by atoms with E-state index in [1.165, 1.54) is 6.07 Å². The molecule has 19 heavy (non-hydrogen) atoms. The molecule has 8 heteroatoms. The van der Waals surface area contributed by atoms with Gasteiger partial charge in [0.25, 0.3) is 6.43 Å². The highest BCUT2D eigenvalue weighted by atomic mass is 19.3. The van der Waals surface area contributed by atoms with E-state index in [9.17, 15) is 22.4 Å². The number of alkyl halides is 4. The van der Waals surface area contributed by atoms with Crippen molar-refractivity contribution < 1.29 is 31.8 Å². The number of ether oxygens (including phenoxy) is 2. The minimum atomic E-state index is -3.33. The summed E-state index contributed by atoms with van der Waals surface area (Å²) in [5.74, 6) is -1.88. The third kappa shape index (κ3) is 3.34. The number of nitrogens with zero attached hydrogens (tertiary/aromatic N) is 1. The van der Waals surface area contributed by atoms with Gasteiger partial charge in [-0.1, -0.05) is 0 Å². The summed E-state index contributed by atoms with van der Waals surface area (Å²) < 4.78 is 57.8. The summed E-state index contributed by atoms with van der Waals surface area (Å²) in [5.41, 5.74) is -1.76. The fourth-order valence-corrected chi connectivity index (χ4v) is 1.34. The number of benzene rings is 1. The third-order valence-corrected chi connectivity index (χ3v) is 2.13. The van der Waals surface area contributed by atoms with E-state index in [0.717, 1.165) is 7.11 Å². The lowest BCUT2D eigenvalue weighted by atomic mass is 10.0. The van der Waals surface area contributed by atoms with Crippen molar-refractivity contribution >= 4 is 5.97 Å². The van der Waals surface area contributed by atoms with Crippen LogP contribution >= 0.6 is 0 Å². The molecule has 0 aliphatic carbocycles. The van der Waals surface area contributed by atoms with Crippen LogP contribution in [-0.2, 0) is 4.74 Å². The Hall–Kier alpha value is -2.30. The van der Waals surface area contributed by atoms with Gasteiger partial charge in [-0.25, -0.2) is 13.6 Å². The summed E-state index contributed by atoms with van der Waals surface area (Å²) in [4.78, 5) is 11.3. The highest BCUT2D eigenvalue weighted by Crippen LogP contribution is 2.33. The summed E-state index contributed by atoms with van der Waals surface area (Å²) in [6, 6.07) is 2.78. The molecule has 0 amide bonds. The van der Waals surface area contributed by atoms with E-state index in [2.05, 4.69) is 9.47 Å². The quantitative estimate of drug-likeness (QED) is 0.627. The second-order valence-electron chi connectivity index (χ2n) is 3.22. The molecule has 1 rings (SSSR count). The number of esters is 1. The maximum Gasteiger partial charge on any atom is 0.387 e. The number of nitriles is 1. The largest absolute Gasteiger partial charge is 0.465 e. The van der Waals surface area contributed by atoms with Gasteiger partial charge in [0.15, 0.2) is 0 Å². The topological polar surface area (TPSA) is 59.3 Å². The molecule has 1 aromatic rings. The Morgan fingerprint density at radius 1 is 1.32 bits per heavy atom. The minimum Gasteiger partial charge on any atom is -0.465 e. The van der Waals surface area contributed by atoms with Crippen molar-refractivity contribution in [2.24, 2.45) is 0 Å². The average molecular weight is 277 g/mol. The van der Waals surface area contributed by atoms with Gasteiger partial charge in [-0.3, -0.25) is 0 Å². The molecule has 0 atom stereocenters. The second-order valence-corrected chi connectivity index (χ2v) is 3.22. The van der Waals surface area contributed by atoms with Gasteiger partial charge in [-0.15, -0.1) is 0 Å². The van der Waals surface area contributed by atoms with Crippen molar-refractivity contribution in [2.75, 3.05) is 7.11 Å². The second kappa shape index (κ2) is 6.04. The Morgan fingerprint density at radius 2 is 1.95 bits per heavy atom. The first-order valence-corrected chi connectivity index (χ1v) is 4.80. The SMILES string of the molecule is COC(=O)c1cc(C(F)F)c(OC(F)F)cc1C#N. The van der Waals surface area contributed by atoms with Gasteiger partial charge in [0.1, 0.15) is 11.8 Å². The molecule has 0 aromatic heterocycles. The van der Waals surface area contributed by atoms with Gasteiger partial charge in [-0.05, 0) is 12.1 Å². The number of hydrogen-bond donors (Lipinski definition) is 0. The van der Waals surface area contributed by atoms with Gasteiger partial charge in [0, 0.05) is 0 Å². The lowest BCUT2D eigenvalue weighted by molar-refractivity contribution is -0.0519. The zero-order chi connectivity index (χ0) is 14.6. The van der Waals surface area contributed by atoms with Gasteiger partial charge in [-0.2, -0.15) is 14.0 Å². The lowest BCUT2D eigenvalue weighted by Gasteiger charge is -2.12. The molecule has 0 radical (unpaired) electrons. The summed E-state index contributed by atoms with van der Waals surface area (Å²) in [6.45, 7) is -3.33. The number of carbonyl (C=O) groups is 1. The first-order chi connectivity index (χ1) is 8.90. The van der Waals surface area contributed by atoms with Gasteiger partial charge in [0.2, 0.25) is 0 Å². The molecular formula is C11H7F4NO3. The van der Waals surface area contributed by atoms with Crippen molar-refractivity contribution in [1.29, 1.82) is 5.26 Å². The monoisotopic (exact) mass is 277 g/mol. The van der Waals surface area contributed by atoms with Crippen LogP contribution in [0.1, 0.15) is 27.9 Å². The fourth-order valence-electron chi connectivity index (χ4n) is 1.34. The molecule has 0 unspecified atom stereocenters. The Labute approximate surface area is 105 Å². The maximum atomic E-state index is 12.7. The number of carbonyl (C=O) groups excluding carboxylic acids is 1. The zero-order valence-corrected chi connectivity index (χ0v) is 9.49. The molecule has 1 aromatic carbocycles. The average Bonchev–Trinajstić information content (AvgIpc) is 2.36. The van der Waals surface area contributed by atoms with Crippen LogP contribution in [0.3, 0.4) is 0 Å². The van der Waals surface area contributed by atoms with Crippen molar-refractivity contribution in [1.82, 2.24) is 0 Å². The van der Waals surface area contributed by atoms with E-state index in [1.807, 2.05) is 0 Å². The van der Waals surface area contributed by atoms with Gasteiger partial charge >= 0.3 is 12.6 Å². The number of hydrogen-bond acceptors (Lipinski definition) is 4. The standard InChI is InChI=1S/C11H7F4NO3/c1-18-10(17)6-3-7(9(12)13)8(19-11(14)15)2-5(6)4-16/h2-3,9,11H,1H3. The lowest BCUT2D eigenvalue weighted by Crippen LogP contribution is -2.09. The van der Waals surface area contributed by atoms with E-state index in [4.69, 9.17) is 5.26 Å². The van der Waals surface area contributed by atoms with E-state index < -0.39 is 41.4 Å². The molecular weight excluding hydrogens is 270 g/mol. The molecule has 0 bridgehead atoms. The third-order valence-electron chi connectivity index (χ3n) is 2.13. The smallest absolute Gasteiger partial charge is 0.387 e. The Kier molecular flexibility index (Phi) is 4.69. The van der Waals surface area contributed by atoms with Crippen molar-refractivity contribution in [2.45, 2.75) is 13.0 Å². The van der Waals surface area contributed by atoms with Crippen LogP contribution in [0.5, 0.6) is 5.75 Å². The Balaban J connectivity index is 3.42. The van der Waals surface area contributed by atoms with Crippen LogP contribution in [0.25, 0.3) is 0 Å². The molecule has 102 valence electrons. The summed E-state index contributed by atoms with van der Waals surface area (Å²) >= 11 is 0. The van der Waals surface area contributed by atoms with Crippen molar-refractivity contribution in [3.05, 3.63) is 28.8 Å². The normalized spacial score (nSPS) is 10.4. The van der Waals surface area contributed by atoms with Crippen LogP contribution in [0.4, 0.5) is 17.6 Å². The minimum absolute atomic E-state index is 0.396. The molecule has 4 nitrogen and oxygen atoms in total. The predicted molar refractivity (Wildman–Crippen MR) is 54.1 cm³/mol. The Bertz CT molecular complexity index is 525. The fraction of sp³-hybridized carbons (Fsp3) is 0.273. The van der Waals surface area contributed by atoms with Crippen molar-refractivity contribution in [3.8, 4) is 11.8 Å². The molecule has 0 N–H and O–H groups in total. The molecule has 0 fully saturated rings. The highest BCUT2D eigenvalue weighted by molar-refractivity contribution is 5.92. The number of halogens is 4. The predicted octanol–water partition coefficient (Wildman–Crippen LogP) is 2.88. The van der Waals surface area contributed by atoms with Crippen LogP contribution in [0, 0.1) is 11.3 Å². The van der Waals surface area contributed by atoms with Crippen molar-refractivity contribution in [3.63, 3.8) is 0 Å². The van der Waals surface area contributed by atoms with Crippen LogP contribution in [-0.4, -0.2) is 19.7 Å². The highest BCUT2D eigenvalue weighted by Gasteiger charge is 2.23. The first-order valence-electron chi connectivity index (χ1n) is 4.80. The summed E-state index contributed by atoms with van der Waals surface area (Å²) in [6.07, 6.45) is -3.15. The van der Waals surface area contributed by atoms with E-state index in [1.54, 1.807) is 0 Å². The molecule has 0 saturated carbocycles. The van der Waals surface area contributed by atoms with Gasteiger partial charge in [0.05, 0.1) is 23.8 Å². The number of rotatable bonds is 4.